The third-order valence-electron chi connectivity index (χ3n) is 1.03. The molecule has 1 rings (SSSR count). The van der Waals surface area contributed by atoms with Gasteiger partial charge in [-0.3, -0.25) is 0 Å². The summed E-state index contributed by atoms with van der Waals surface area (Å²) in [5, 5.41) is 0. The first kappa shape index (κ1) is 1.54. The van der Waals surface area contributed by atoms with Crippen LogP contribution in [0.15, 0.2) is 18.1 Å². The van der Waals surface area contributed by atoms with Gasteiger partial charge in [0.05, 0.1) is 4.11 Å². The van der Waals surface area contributed by atoms with E-state index < -0.39 is 24.5 Å². The molecule has 0 unspecified atom stereocenters. The molecule has 0 bridgehead atoms. The van der Waals surface area contributed by atoms with Crippen LogP contribution in [0.25, 0.3) is 0 Å². The van der Waals surface area contributed by atoms with Crippen LogP contribution in [0.1, 0.15) is 19.4 Å². The third-order valence-corrected chi connectivity index (χ3v) is 1.03. The highest BCUT2D eigenvalue weighted by atomic mass is 14.6. The predicted octanol–water partition coefficient (Wildman–Crippen LogP) is 1.89. The molecular weight excluding hydrogens is 110 g/mol. The van der Waals surface area contributed by atoms with Gasteiger partial charge in [0.1, 0.15) is 0 Å². The second-order valence-corrected chi connectivity index (χ2v) is 1.72. The second kappa shape index (κ2) is 2.09. The smallest absolute Gasteiger partial charge is 0.156 e. The van der Waals surface area contributed by atoms with Gasteiger partial charge in [0, 0.05) is 9.80 Å². The highest BCUT2D eigenvalue weighted by Gasteiger charge is 1.92. The molecule has 0 aliphatic heterocycles. The van der Waals surface area contributed by atoms with Crippen molar-refractivity contribution in [3.63, 3.8) is 0 Å². The minimum absolute atomic E-state index is 0.0436. The van der Waals surface area contributed by atoms with Crippen LogP contribution in [0, 0.1) is 13.8 Å². The van der Waals surface area contributed by atoms with Crippen LogP contribution in [0.3, 0.4) is 0 Å². The zero-order chi connectivity index (χ0) is 13.5. The predicted molar refractivity (Wildman–Crippen MR) is 40.3 cm³/mol. The fourth-order valence-corrected chi connectivity index (χ4v) is 0.493. The molecule has 0 heterocycles. The van der Waals surface area contributed by atoms with E-state index in [0.29, 0.717) is 0 Å². The molecule has 0 radical (unpaired) electrons. The molecular formula is C8H11N. The minimum Gasteiger partial charge on any atom is -0.398 e. The first-order valence-corrected chi connectivity index (χ1v) is 2.47. The van der Waals surface area contributed by atoms with Crippen molar-refractivity contribution in [2.75, 3.05) is 5.72 Å². The highest BCUT2D eigenvalue weighted by Crippen LogP contribution is 2.13. The number of nitrogens with two attached hydrogens (primary N) is 1. The molecule has 0 saturated carbocycles. The Hall–Kier alpha value is -0.980. The lowest BCUT2D eigenvalue weighted by molar-refractivity contribution is 1.39. The van der Waals surface area contributed by atoms with Crippen molar-refractivity contribution >= 4 is 5.69 Å². The largest absolute Gasteiger partial charge is 0.398 e. The van der Waals surface area contributed by atoms with Crippen LogP contribution >= 0.6 is 0 Å². The van der Waals surface area contributed by atoms with Crippen molar-refractivity contribution in [1.82, 2.24) is 0 Å². The lowest BCUT2D eigenvalue weighted by Gasteiger charge is -2.00. The Balaban J connectivity index is 3.79. The Morgan fingerprint density at radius 2 is 2.44 bits per heavy atom. The standard InChI is InChI=1S/C8H11N/c1-6-4-3-5-7(2)8(6)9/h3-5H,9H2,1-2H3/i1D3,3D,4D,5D/hD2. The maximum Gasteiger partial charge on any atom is 0.156 e. The number of hydrogen-bond acceptors (Lipinski definition) is 1. The van der Waals surface area contributed by atoms with Crippen molar-refractivity contribution in [1.29, 1.82) is 0 Å². The molecule has 0 aliphatic rings. The van der Waals surface area contributed by atoms with Crippen molar-refractivity contribution in [2.45, 2.75) is 13.8 Å². The van der Waals surface area contributed by atoms with Crippen LogP contribution in [0.2, 0.25) is 2.82 Å². The zero-order valence-corrected chi connectivity index (χ0v) is 4.95. The average molecular weight is 129 g/mol. The van der Waals surface area contributed by atoms with Crippen molar-refractivity contribution < 1.29 is 11.0 Å². The van der Waals surface area contributed by atoms with Gasteiger partial charge in [-0.05, 0) is 24.9 Å². The lowest BCUT2D eigenvalue weighted by atomic mass is 10.1. The van der Waals surface area contributed by atoms with E-state index in [-0.39, 0.29) is 23.0 Å². The van der Waals surface area contributed by atoms with E-state index in [9.17, 15) is 0 Å². The average Bonchev–Trinajstić information content (AvgIpc) is 2.17. The van der Waals surface area contributed by atoms with Gasteiger partial charge in [-0.2, -0.15) is 0 Å². The summed E-state index contributed by atoms with van der Waals surface area (Å²) in [6, 6.07) is -1.46. The van der Waals surface area contributed by atoms with Gasteiger partial charge in [0.25, 0.3) is 0 Å². The lowest BCUT2D eigenvalue weighted by Crippen LogP contribution is -1.91. The van der Waals surface area contributed by atoms with Crippen LogP contribution in [0.4, 0.5) is 5.69 Å². The van der Waals surface area contributed by atoms with Gasteiger partial charge in [-0.1, -0.05) is 18.1 Å². The van der Waals surface area contributed by atoms with Crippen molar-refractivity contribution in [3.8, 4) is 0 Å². The summed E-state index contributed by atoms with van der Waals surface area (Å²) < 4.78 is 58.8. The molecule has 1 aromatic rings. The molecule has 0 fully saturated rings. The molecule has 9 heavy (non-hydrogen) atoms. The summed E-state index contributed by atoms with van der Waals surface area (Å²) in [5.74, 6) is 0. The molecule has 1 nitrogen and oxygen atoms in total. The summed E-state index contributed by atoms with van der Waals surface area (Å²) >= 11 is 0. The Bertz CT molecular complexity index is 450. The Labute approximate surface area is 66.9 Å². The molecule has 0 aliphatic carbocycles. The quantitative estimate of drug-likeness (QED) is 0.576. The van der Waals surface area contributed by atoms with E-state index in [1.807, 2.05) is 0 Å². The molecule has 1 heteroatoms. The highest BCUT2D eigenvalue weighted by molar-refractivity contribution is 5.52. The Kier molecular flexibility index (Phi) is 0.358. The summed E-state index contributed by atoms with van der Waals surface area (Å²) in [7, 11) is 0. The first-order valence-electron chi connectivity index (χ1n) is 6.37. The fraction of sp³-hybridized carbons (Fsp3) is 0.250. The van der Waals surface area contributed by atoms with Crippen molar-refractivity contribution in [3.05, 3.63) is 29.3 Å². The van der Waals surface area contributed by atoms with Gasteiger partial charge in [0.15, 0.2) is 2.82 Å². The van der Waals surface area contributed by atoms with Crippen LogP contribution < -0.4 is 5.72 Å². The summed E-state index contributed by atoms with van der Waals surface area (Å²) in [6.45, 7) is -1.33. The van der Waals surface area contributed by atoms with Crippen LogP contribution in [0.5, 0.6) is 0 Å². The SMILES string of the molecule is [2H]c1c([2H])c(C)c(N([2H])[2H])c(C([2H])([2H])[2H])c1[2H]. The molecule has 1 aromatic carbocycles. The van der Waals surface area contributed by atoms with Gasteiger partial charge >= 0.3 is 0 Å². The van der Waals surface area contributed by atoms with Gasteiger partial charge in [-0.25, -0.2) is 0 Å². The summed E-state index contributed by atoms with van der Waals surface area (Å²) in [5.41, 5.74) is -0.730. The first-order chi connectivity index (χ1) is 7.59. The number of para-hydroxylation sites is 1. The molecule has 0 spiro atoms. The van der Waals surface area contributed by atoms with E-state index in [1.54, 1.807) is 0 Å². The van der Waals surface area contributed by atoms with Crippen LogP contribution in [-0.4, -0.2) is 0 Å². The number of benzene rings is 1. The molecule has 2 N–H and O–H groups in total. The van der Waals surface area contributed by atoms with Gasteiger partial charge in [-0.15, -0.1) is 0 Å². The molecule has 0 amide bonds. The Morgan fingerprint density at radius 1 is 1.67 bits per heavy atom. The fourth-order valence-electron chi connectivity index (χ4n) is 0.493. The summed E-state index contributed by atoms with van der Waals surface area (Å²) in [4.78, 5) is 0. The number of hydrogen-bond donors (Lipinski definition) is 1. The number of nitrogen functional groups attached to an aromatic ring is 1. The van der Waals surface area contributed by atoms with E-state index in [0.717, 1.165) is 0 Å². The van der Waals surface area contributed by atoms with Gasteiger partial charge in [0.2, 0.25) is 0 Å². The van der Waals surface area contributed by atoms with E-state index >= 15 is 0 Å². The van der Waals surface area contributed by atoms with E-state index in [2.05, 4.69) is 0 Å². The maximum absolute atomic E-state index is 7.56. The van der Waals surface area contributed by atoms with Crippen LogP contribution in [-0.2, 0) is 0 Å². The maximum atomic E-state index is 7.56. The van der Waals surface area contributed by atoms with E-state index in [1.165, 1.54) is 6.92 Å². The zero-order valence-electron chi connectivity index (χ0n) is 12.9. The summed E-state index contributed by atoms with van der Waals surface area (Å²) in [6.07, 6.45) is 0. The monoisotopic (exact) mass is 129 g/mol. The second-order valence-electron chi connectivity index (χ2n) is 1.72. The molecule has 0 atom stereocenters. The Morgan fingerprint density at radius 3 is 3.11 bits per heavy atom. The molecule has 48 valence electrons. The molecule has 0 saturated heterocycles. The minimum atomic E-state index is -2.69. The van der Waals surface area contributed by atoms with E-state index in [4.69, 9.17) is 11.0 Å². The topological polar surface area (TPSA) is 26.0 Å². The third kappa shape index (κ3) is 1.04. The van der Waals surface area contributed by atoms with Gasteiger partial charge < -0.3 is 5.72 Å². The van der Waals surface area contributed by atoms with Crippen molar-refractivity contribution in [2.24, 2.45) is 0 Å². The molecule has 0 aromatic heterocycles. The normalized spacial score (nSPS) is 23.2. The number of rotatable bonds is 1. The number of anilines is 1.